The summed E-state index contributed by atoms with van der Waals surface area (Å²) in [6.07, 6.45) is 0.946. The van der Waals surface area contributed by atoms with Crippen LogP contribution in [0.25, 0.3) is 0 Å². The number of hydrogen-bond donors (Lipinski definition) is 2. The second-order valence-corrected chi connectivity index (χ2v) is 5.86. The van der Waals surface area contributed by atoms with Gasteiger partial charge in [-0.3, -0.25) is 4.79 Å². The fourth-order valence-electron chi connectivity index (χ4n) is 2.13. The van der Waals surface area contributed by atoms with Gasteiger partial charge in [0.2, 0.25) is 5.91 Å². The van der Waals surface area contributed by atoms with Crippen molar-refractivity contribution >= 4 is 21.8 Å². The van der Waals surface area contributed by atoms with Gasteiger partial charge in [0, 0.05) is 4.47 Å². The summed E-state index contributed by atoms with van der Waals surface area (Å²) in [6, 6.07) is 17.2. The molecule has 0 bridgehead atoms. The van der Waals surface area contributed by atoms with E-state index in [4.69, 9.17) is 0 Å². The van der Waals surface area contributed by atoms with Crippen molar-refractivity contribution in [3.63, 3.8) is 0 Å². The Kier molecular flexibility index (Phi) is 5.96. The van der Waals surface area contributed by atoms with Crippen LogP contribution in [0.1, 0.15) is 11.1 Å². The number of benzene rings is 2. The Hall–Kier alpha value is -1.65. The Morgan fingerprint density at radius 3 is 2.33 bits per heavy atom. The van der Waals surface area contributed by atoms with E-state index in [0.29, 0.717) is 12.8 Å². The summed E-state index contributed by atoms with van der Waals surface area (Å²) in [6.45, 7) is -0.0685. The molecule has 0 heterocycles. The normalized spacial score (nSPS) is 11.9. The summed E-state index contributed by atoms with van der Waals surface area (Å²) in [5.41, 5.74) is 2.05. The zero-order valence-corrected chi connectivity index (χ0v) is 13.2. The van der Waals surface area contributed by atoms with E-state index in [1.54, 1.807) is 0 Å². The molecule has 1 atom stereocenters. The molecular formula is C17H18BrNO2. The van der Waals surface area contributed by atoms with Crippen molar-refractivity contribution in [1.82, 2.24) is 5.32 Å². The maximum atomic E-state index is 12.0. The first kappa shape index (κ1) is 15.7. The number of hydrogen-bond acceptors (Lipinski definition) is 2. The van der Waals surface area contributed by atoms with Gasteiger partial charge < -0.3 is 10.4 Å². The van der Waals surface area contributed by atoms with Gasteiger partial charge in [-0.2, -0.15) is 0 Å². The van der Waals surface area contributed by atoms with Crippen molar-refractivity contribution in [2.24, 2.45) is 0 Å². The molecule has 3 nitrogen and oxygen atoms in total. The zero-order chi connectivity index (χ0) is 15.1. The lowest BCUT2D eigenvalue weighted by atomic mass is 10.1. The van der Waals surface area contributed by atoms with E-state index in [1.807, 2.05) is 54.6 Å². The number of aliphatic hydroxyl groups is 1. The van der Waals surface area contributed by atoms with E-state index in [9.17, 15) is 9.90 Å². The largest absolute Gasteiger partial charge is 0.394 e. The summed E-state index contributed by atoms with van der Waals surface area (Å²) in [5.74, 6) is -0.0766. The van der Waals surface area contributed by atoms with Crippen molar-refractivity contribution in [1.29, 1.82) is 0 Å². The van der Waals surface area contributed by atoms with Gasteiger partial charge in [0.05, 0.1) is 19.1 Å². The van der Waals surface area contributed by atoms with Gasteiger partial charge in [0.25, 0.3) is 0 Å². The van der Waals surface area contributed by atoms with Crippen LogP contribution in [-0.2, 0) is 17.6 Å². The average Bonchev–Trinajstić information content (AvgIpc) is 2.50. The fourth-order valence-corrected chi connectivity index (χ4v) is 2.39. The third kappa shape index (κ3) is 5.33. The number of nitrogens with one attached hydrogen (secondary N) is 1. The third-order valence-electron chi connectivity index (χ3n) is 3.19. The Balaban J connectivity index is 1.89. The molecule has 4 heteroatoms. The highest BCUT2D eigenvalue weighted by molar-refractivity contribution is 9.10. The second kappa shape index (κ2) is 7.96. The monoisotopic (exact) mass is 347 g/mol. The van der Waals surface area contributed by atoms with E-state index in [1.165, 1.54) is 0 Å². The molecule has 2 aromatic carbocycles. The molecule has 0 fully saturated rings. The lowest BCUT2D eigenvalue weighted by Gasteiger charge is -2.16. The van der Waals surface area contributed by atoms with Crippen LogP contribution in [0.4, 0.5) is 0 Å². The highest BCUT2D eigenvalue weighted by atomic mass is 79.9. The van der Waals surface area contributed by atoms with E-state index in [2.05, 4.69) is 21.2 Å². The summed E-state index contributed by atoms with van der Waals surface area (Å²) in [7, 11) is 0. The average molecular weight is 348 g/mol. The van der Waals surface area contributed by atoms with Crippen molar-refractivity contribution in [2.75, 3.05) is 6.61 Å². The molecule has 21 heavy (non-hydrogen) atoms. The maximum Gasteiger partial charge on any atom is 0.224 e. The molecule has 0 unspecified atom stereocenters. The van der Waals surface area contributed by atoms with Crippen LogP contribution < -0.4 is 5.32 Å². The van der Waals surface area contributed by atoms with E-state index >= 15 is 0 Å². The van der Waals surface area contributed by atoms with Crippen LogP contribution in [0.15, 0.2) is 59.1 Å². The highest BCUT2D eigenvalue weighted by Crippen LogP contribution is 2.11. The first-order valence-electron chi connectivity index (χ1n) is 6.86. The van der Waals surface area contributed by atoms with Crippen molar-refractivity contribution < 1.29 is 9.90 Å². The predicted molar refractivity (Wildman–Crippen MR) is 87.0 cm³/mol. The first-order valence-corrected chi connectivity index (χ1v) is 7.65. The number of aliphatic hydroxyl groups excluding tert-OH is 1. The molecule has 0 spiro atoms. The van der Waals surface area contributed by atoms with Crippen LogP contribution in [0, 0.1) is 0 Å². The summed E-state index contributed by atoms with van der Waals surface area (Å²) in [4.78, 5) is 12.0. The van der Waals surface area contributed by atoms with Crippen LogP contribution in [0.2, 0.25) is 0 Å². The molecule has 0 aromatic heterocycles. The molecule has 0 saturated carbocycles. The minimum atomic E-state index is -0.254. The number of rotatable bonds is 6. The Labute approximate surface area is 133 Å². The number of carbonyl (C=O) groups excluding carboxylic acids is 1. The van der Waals surface area contributed by atoms with Gasteiger partial charge in [0.1, 0.15) is 0 Å². The number of halogens is 1. The zero-order valence-electron chi connectivity index (χ0n) is 11.6. The van der Waals surface area contributed by atoms with Crippen LogP contribution in [0.5, 0.6) is 0 Å². The van der Waals surface area contributed by atoms with Crippen molar-refractivity contribution in [2.45, 2.75) is 18.9 Å². The van der Waals surface area contributed by atoms with Crippen LogP contribution >= 0.6 is 15.9 Å². The molecule has 2 aromatic rings. The van der Waals surface area contributed by atoms with Crippen LogP contribution in [0.3, 0.4) is 0 Å². The highest BCUT2D eigenvalue weighted by Gasteiger charge is 2.12. The van der Waals surface area contributed by atoms with E-state index in [-0.39, 0.29) is 18.6 Å². The summed E-state index contributed by atoms with van der Waals surface area (Å²) >= 11 is 3.37. The number of carbonyl (C=O) groups is 1. The summed E-state index contributed by atoms with van der Waals surface area (Å²) < 4.78 is 0.990. The SMILES string of the molecule is O=C(Cc1ccc(Br)cc1)N[C@@H](CO)Cc1ccccc1. The molecule has 2 rings (SSSR count). The smallest absolute Gasteiger partial charge is 0.224 e. The van der Waals surface area contributed by atoms with Gasteiger partial charge in [-0.05, 0) is 29.7 Å². The van der Waals surface area contributed by atoms with Gasteiger partial charge in [0.15, 0.2) is 0 Å². The molecule has 0 radical (unpaired) electrons. The topological polar surface area (TPSA) is 49.3 Å². The van der Waals surface area contributed by atoms with Gasteiger partial charge in [-0.15, -0.1) is 0 Å². The predicted octanol–water partition coefficient (Wildman–Crippen LogP) is 2.71. The van der Waals surface area contributed by atoms with Gasteiger partial charge >= 0.3 is 0 Å². The lowest BCUT2D eigenvalue weighted by molar-refractivity contribution is -0.121. The molecule has 2 N–H and O–H groups in total. The lowest BCUT2D eigenvalue weighted by Crippen LogP contribution is -2.39. The summed E-state index contributed by atoms with van der Waals surface area (Å²) in [5, 5.41) is 12.3. The van der Waals surface area contributed by atoms with E-state index in [0.717, 1.165) is 15.6 Å². The standard InChI is InChI=1S/C17H18BrNO2/c18-15-8-6-14(7-9-15)11-17(21)19-16(12-20)10-13-4-2-1-3-5-13/h1-9,16,20H,10-12H2,(H,19,21)/t16-/m1/s1. The first-order chi connectivity index (χ1) is 10.2. The van der Waals surface area contributed by atoms with Gasteiger partial charge in [-0.1, -0.05) is 58.4 Å². The second-order valence-electron chi connectivity index (χ2n) is 4.94. The molecule has 110 valence electrons. The van der Waals surface area contributed by atoms with Crippen molar-refractivity contribution in [3.8, 4) is 0 Å². The maximum absolute atomic E-state index is 12.0. The quantitative estimate of drug-likeness (QED) is 0.843. The van der Waals surface area contributed by atoms with Crippen molar-refractivity contribution in [3.05, 3.63) is 70.2 Å². The molecule has 1 amide bonds. The molecule has 0 aliphatic rings. The molecular weight excluding hydrogens is 330 g/mol. The Morgan fingerprint density at radius 2 is 1.71 bits per heavy atom. The number of amides is 1. The van der Waals surface area contributed by atoms with E-state index < -0.39 is 0 Å². The Bertz CT molecular complexity index is 569. The fraction of sp³-hybridized carbons (Fsp3) is 0.235. The van der Waals surface area contributed by atoms with Gasteiger partial charge in [-0.25, -0.2) is 0 Å². The molecule has 0 aliphatic heterocycles. The minimum absolute atomic E-state index is 0.0685. The minimum Gasteiger partial charge on any atom is -0.394 e. The molecule has 0 aliphatic carbocycles. The third-order valence-corrected chi connectivity index (χ3v) is 3.72. The van der Waals surface area contributed by atoms with Crippen LogP contribution in [-0.4, -0.2) is 23.7 Å². The molecule has 0 saturated heterocycles. The Morgan fingerprint density at radius 1 is 1.05 bits per heavy atom.